The molecule has 0 fully saturated rings. The summed E-state index contributed by atoms with van der Waals surface area (Å²) in [5.74, 6) is 1.82. The number of Topliss-reactive ketones (excluding diaryl/α,β-unsaturated/α-hetero) is 1. The van der Waals surface area contributed by atoms with Crippen LogP contribution < -0.4 is 14.8 Å². The van der Waals surface area contributed by atoms with Crippen molar-refractivity contribution >= 4 is 22.3 Å². The van der Waals surface area contributed by atoms with Crippen molar-refractivity contribution in [1.82, 2.24) is 10.2 Å². The molecule has 3 rings (SSSR count). The average molecular weight is 333 g/mol. The van der Waals surface area contributed by atoms with Crippen LogP contribution >= 0.6 is 11.3 Å². The molecule has 0 saturated heterocycles. The van der Waals surface area contributed by atoms with E-state index in [0.29, 0.717) is 41.3 Å². The zero-order valence-corrected chi connectivity index (χ0v) is 14.0. The highest BCUT2D eigenvalue weighted by atomic mass is 32.1. The molecule has 0 spiro atoms. The SMILES string of the molecule is CC(C)Cc1nnc(NCC(=O)c2ccc3c(c2)OCCO3)s1. The van der Waals surface area contributed by atoms with Gasteiger partial charge in [0.1, 0.15) is 18.2 Å². The number of nitrogens with one attached hydrogen (secondary N) is 1. The zero-order valence-electron chi connectivity index (χ0n) is 13.2. The Kier molecular flexibility index (Phi) is 4.76. The molecule has 1 aromatic heterocycles. The zero-order chi connectivity index (χ0) is 16.2. The second-order valence-electron chi connectivity index (χ2n) is 5.73. The van der Waals surface area contributed by atoms with Gasteiger partial charge in [0.15, 0.2) is 17.3 Å². The van der Waals surface area contributed by atoms with Crippen LogP contribution in [0.3, 0.4) is 0 Å². The van der Waals surface area contributed by atoms with Crippen molar-refractivity contribution < 1.29 is 14.3 Å². The van der Waals surface area contributed by atoms with E-state index in [0.717, 1.165) is 11.4 Å². The molecule has 0 amide bonds. The fourth-order valence-electron chi connectivity index (χ4n) is 2.23. The van der Waals surface area contributed by atoms with E-state index in [-0.39, 0.29) is 12.3 Å². The highest BCUT2D eigenvalue weighted by molar-refractivity contribution is 7.15. The van der Waals surface area contributed by atoms with E-state index in [1.807, 2.05) is 0 Å². The Hall–Kier alpha value is -2.15. The van der Waals surface area contributed by atoms with Gasteiger partial charge in [0.25, 0.3) is 0 Å². The Morgan fingerprint density at radius 1 is 1.26 bits per heavy atom. The lowest BCUT2D eigenvalue weighted by atomic mass is 10.1. The van der Waals surface area contributed by atoms with Gasteiger partial charge >= 0.3 is 0 Å². The highest BCUT2D eigenvalue weighted by Crippen LogP contribution is 2.30. The standard InChI is InChI=1S/C16H19N3O3S/c1-10(2)7-15-18-19-16(23-15)17-9-12(20)11-3-4-13-14(8-11)22-6-5-21-13/h3-4,8,10H,5-7,9H2,1-2H3,(H,17,19). The van der Waals surface area contributed by atoms with Crippen LogP contribution in [0.5, 0.6) is 11.5 Å². The second-order valence-corrected chi connectivity index (χ2v) is 6.80. The fourth-order valence-corrected chi connectivity index (χ4v) is 3.18. The molecule has 0 radical (unpaired) electrons. The maximum absolute atomic E-state index is 12.3. The van der Waals surface area contributed by atoms with E-state index in [2.05, 4.69) is 29.4 Å². The maximum Gasteiger partial charge on any atom is 0.206 e. The van der Waals surface area contributed by atoms with E-state index >= 15 is 0 Å². The van der Waals surface area contributed by atoms with Gasteiger partial charge in [0.05, 0.1) is 6.54 Å². The Balaban J connectivity index is 1.60. The van der Waals surface area contributed by atoms with E-state index < -0.39 is 0 Å². The van der Waals surface area contributed by atoms with E-state index in [1.54, 1.807) is 18.2 Å². The maximum atomic E-state index is 12.3. The molecule has 0 unspecified atom stereocenters. The number of nitrogens with zero attached hydrogens (tertiary/aromatic N) is 2. The lowest BCUT2D eigenvalue weighted by Gasteiger charge is -2.18. The summed E-state index contributed by atoms with van der Waals surface area (Å²) in [6.45, 7) is 5.50. The smallest absolute Gasteiger partial charge is 0.206 e. The van der Waals surface area contributed by atoms with Gasteiger partial charge in [-0.3, -0.25) is 4.79 Å². The Morgan fingerprint density at radius 3 is 2.83 bits per heavy atom. The Morgan fingerprint density at radius 2 is 2.04 bits per heavy atom. The van der Waals surface area contributed by atoms with Crippen molar-refractivity contribution in [1.29, 1.82) is 0 Å². The minimum atomic E-state index is -0.0254. The first kappa shape index (κ1) is 15.7. The number of anilines is 1. The molecule has 23 heavy (non-hydrogen) atoms. The third-order valence-corrected chi connectivity index (χ3v) is 4.22. The first-order chi connectivity index (χ1) is 11.1. The molecule has 0 bridgehead atoms. The van der Waals surface area contributed by atoms with Gasteiger partial charge in [-0.15, -0.1) is 10.2 Å². The molecule has 0 atom stereocenters. The third-order valence-electron chi connectivity index (χ3n) is 3.31. The summed E-state index contributed by atoms with van der Waals surface area (Å²) in [6.07, 6.45) is 0.898. The van der Waals surface area contributed by atoms with Crippen LogP contribution in [0.15, 0.2) is 18.2 Å². The van der Waals surface area contributed by atoms with Crippen LogP contribution in [0.2, 0.25) is 0 Å². The number of ketones is 1. The first-order valence-electron chi connectivity index (χ1n) is 7.61. The van der Waals surface area contributed by atoms with Crippen LogP contribution in [0, 0.1) is 5.92 Å². The number of carbonyl (C=O) groups excluding carboxylic acids is 1. The number of rotatable bonds is 6. The summed E-state index contributed by atoms with van der Waals surface area (Å²) < 4.78 is 11.0. The molecule has 7 heteroatoms. The van der Waals surface area contributed by atoms with E-state index in [4.69, 9.17) is 9.47 Å². The summed E-state index contributed by atoms with van der Waals surface area (Å²) >= 11 is 1.49. The number of carbonyl (C=O) groups is 1. The topological polar surface area (TPSA) is 73.3 Å². The molecule has 1 aliphatic rings. The molecule has 1 N–H and O–H groups in total. The fraction of sp³-hybridized carbons (Fsp3) is 0.438. The van der Waals surface area contributed by atoms with Crippen LogP contribution in [0.4, 0.5) is 5.13 Å². The molecule has 6 nitrogen and oxygen atoms in total. The number of hydrogen-bond donors (Lipinski definition) is 1. The molecular weight excluding hydrogens is 314 g/mol. The number of hydrogen-bond acceptors (Lipinski definition) is 7. The molecular formula is C16H19N3O3S. The quantitative estimate of drug-likeness (QED) is 0.820. The van der Waals surface area contributed by atoms with Crippen molar-refractivity contribution in [3.8, 4) is 11.5 Å². The lowest BCUT2D eigenvalue weighted by molar-refractivity contribution is 0.100. The predicted molar refractivity (Wildman–Crippen MR) is 88.7 cm³/mol. The van der Waals surface area contributed by atoms with Gasteiger partial charge in [0.2, 0.25) is 5.13 Å². The number of ether oxygens (including phenoxy) is 2. The van der Waals surface area contributed by atoms with Crippen molar-refractivity contribution in [2.24, 2.45) is 5.92 Å². The van der Waals surface area contributed by atoms with Gasteiger partial charge < -0.3 is 14.8 Å². The van der Waals surface area contributed by atoms with Crippen molar-refractivity contribution in [2.45, 2.75) is 20.3 Å². The van der Waals surface area contributed by atoms with Crippen molar-refractivity contribution in [3.63, 3.8) is 0 Å². The number of benzene rings is 1. The van der Waals surface area contributed by atoms with Gasteiger partial charge in [0, 0.05) is 12.0 Å². The molecule has 0 saturated carbocycles. The van der Waals surface area contributed by atoms with Crippen LogP contribution in [-0.2, 0) is 6.42 Å². The summed E-state index contributed by atoms with van der Waals surface area (Å²) in [4.78, 5) is 12.3. The van der Waals surface area contributed by atoms with Gasteiger partial charge in [-0.1, -0.05) is 25.2 Å². The average Bonchev–Trinajstić information content (AvgIpc) is 2.98. The van der Waals surface area contributed by atoms with Gasteiger partial charge in [-0.25, -0.2) is 0 Å². The Bertz CT molecular complexity index is 700. The van der Waals surface area contributed by atoms with Crippen molar-refractivity contribution in [2.75, 3.05) is 25.1 Å². The molecule has 2 heterocycles. The minimum Gasteiger partial charge on any atom is -0.486 e. The van der Waals surface area contributed by atoms with Gasteiger partial charge in [-0.2, -0.15) is 0 Å². The van der Waals surface area contributed by atoms with Crippen LogP contribution in [0.25, 0.3) is 0 Å². The largest absolute Gasteiger partial charge is 0.486 e. The van der Waals surface area contributed by atoms with Crippen LogP contribution in [0.1, 0.15) is 29.2 Å². The third kappa shape index (κ3) is 3.98. The van der Waals surface area contributed by atoms with E-state index in [9.17, 15) is 4.79 Å². The monoisotopic (exact) mass is 333 g/mol. The normalized spacial score (nSPS) is 13.2. The summed E-state index contributed by atoms with van der Waals surface area (Å²) in [5, 5.41) is 12.9. The molecule has 1 aromatic carbocycles. The van der Waals surface area contributed by atoms with Gasteiger partial charge in [-0.05, 0) is 24.1 Å². The summed E-state index contributed by atoms with van der Waals surface area (Å²) in [7, 11) is 0. The summed E-state index contributed by atoms with van der Waals surface area (Å²) in [5.41, 5.74) is 0.591. The van der Waals surface area contributed by atoms with E-state index in [1.165, 1.54) is 11.3 Å². The predicted octanol–water partition coefficient (Wildman–Crippen LogP) is 2.80. The molecule has 122 valence electrons. The lowest BCUT2D eigenvalue weighted by Crippen LogP contribution is -2.17. The Labute approximate surface area is 138 Å². The summed E-state index contributed by atoms with van der Waals surface area (Å²) in [6, 6.07) is 5.25. The second kappa shape index (κ2) is 6.95. The molecule has 2 aromatic rings. The number of fused-ring (bicyclic) bond motifs is 1. The minimum absolute atomic E-state index is 0.0254. The number of aromatic nitrogens is 2. The highest BCUT2D eigenvalue weighted by Gasteiger charge is 2.15. The molecule has 0 aliphatic carbocycles. The van der Waals surface area contributed by atoms with Crippen LogP contribution in [-0.4, -0.2) is 35.7 Å². The van der Waals surface area contributed by atoms with Crippen molar-refractivity contribution in [3.05, 3.63) is 28.8 Å². The first-order valence-corrected chi connectivity index (χ1v) is 8.42. The molecule has 1 aliphatic heterocycles.